The lowest BCUT2D eigenvalue weighted by Gasteiger charge is -2.31. The Kier molecular flexibility index (Phi) is 4.84. The third-order valence-electron chi connectivity index (χ3n) is 3.26. The Morgan fingerprint density at radius 2 is 2.17 bits per heavy atom. The number of nitrogens with two attached hydrogens (primary N) is 1. The van der Waals surface area contributed by atoms with E-state index in [2.05, 4.69) is 17.0 Å². The molecule has 1 aromatic carbocycles. The first-order chi connectivity index (χ1) is 8.81. The number of anilines is 2. The van der Waals surface area contributed by atoms with Crippen LogP contribution < -0.4 is 10.6 Å². The summed E-state index contributed by atoms with van der Waals surface area (Å²) in [6.07, 6.45) is 2.35. The molecule has 2 rings (SSSR count). The molecule has 1 heterocycles. The molecule has 0 amide bonds. The van der Waals surface area contributed by atoms with Crippen molar-refractivity contribution < 1.29 is 9.47 Å². The van der Waals surface area contributed by atoms with Gasteiger partial charge in [-0.2, -0.15) is 0 Å². The molecule has 0 bridgehead atoms. The Labute approximate surface area is 109 Å². The van der Waals surface area contributed by atoms with Gasteiger partial charge in [0.1, 0.15) is 0 Å². The smallest absolute Gasteiger partial charge is 0.0701 e. The quantitative estimate of drug-likeness (QED) is 0.616. The summed E-state index contributed by atoms with van der Waals surface area (Å²) in [4.78, 5) is 2.36. The molecular weight excluding hydrogens is 228 g/mol. The van der Waals surface area contributed by atoms with Gasteiger partial charge in [0.2, 0.25) is 0 Å². The fourth-order valence-electron chi connectivity index (χ4n) is 2.32. The van der Waals surface area contributed by atoms with Crippen molar-refractivity contribution in [2.75, 3.05) is 50.7 Å². The average Bonchev–Trinajstić information content (AvgIpc) is 2.39. The van der Waals surface area contributed by atoms with Gasteiger partial charge in [0.25, 0.3) is 0 Å². The van der Waals surface area contributed by atoms with Crippen LogP contribution in [0.4, 0.5) is 11.4 Å². The predicted octanol–water partition coefficient (Wildman–Crippen LogP) is 1.68. The Balaban J connectivity index is 1.89. The maximum atomic E-state index is 5.86. The summed E-state index contributed by atoms with van der Waals surface area (Å²) in [6.45, 7) is 4.06. The van der Waals surface area contributed by atoms with Crippen LogP contribution >= 0.6 is 0 Å². The molecular formula is C14H22N2O2. The van der Waals surface area contributed by atoms with E-state index in [1.807, 2.05) is 6.07 Å². The van der Waals surface area contributed by atoms with E-state index in [4.69, 9.17) is 15.2 Å². The van der Waals surface area contributed by atoms with Crippen molar-refractivity contribution in [3.05, 3.63) is 23.8 Å². The SMILES string of the molecule is COCCOCCN1CCCc2ccc(N)cc21. The lowest BCUT2D eigenvalue weighted by molar-refractivity contribution is 0.0739. The second kappa shape index (κ2) is 6.61. The van der Waals surface area contributed by atoms with Gasteiger partial charge in [-0.1, -0.05) is 6.07 Å². The van der Waals surface area contributed by atoms with E-state index in [9.17, 15) is 0 Å². The highest BCUT2D eigenvalue weighted by molar-refractivity contribution is 5.62. The van der Waals surface area contributed by atoms with E-state index in [0.29, 0.717) is 13.2 Å². The van der Waals surface area contributed by atoms with E-state index in [1.165, 1.54) is 17.7 Å². The van der Waals surface area contributed by atoms with E-state index in [0.717, 1.165) is 31.8 Å². The molecule has 0 aliphatic carbocycles. The second-order valence-electron chi connectivity index (χ2n) is 4.58. The van der Waals surface area contributed by atoms with Crippen molar-refractivity contribution >= 4 is 11.4 Å². The minimum atomic E-state index is 0.656. The predicted molar refractivity (Wildman–Crippen MR) is 74.1 cm³/mol. The van der Waals surface area contributed by atoms with Crippen LogP contribution in [-0.2, 0) is 15.9 Å². The number of aryl methyl sites for hydroxylation is 1. The largest absolute Gasteiger partial charge is 0.399 e. The highest BCUT2D eigenvalue weighted by Gasteiger charge is 2.16. The van der Waals surface area contributed by atoms with Crippen LogP contribution in [-0.4, -0.2) is 40.0 Å². The van der Waals surface area contributed by atoms with Crippen molar-refractivity contribution in [3.63, 3.8) is 0 Å². The minimum Gasteiger partial charge on any atom is -0.399 e. The number of nitrogens with zero attached hydrogens (tertiary/aromatic N) is 1. The molecule has 100 valence electrons. The third kappa shape index (κ3) is 3.37. The van der Waals surface area contributed by atoms with Crippen molar-refractivity contribution in [2.24, 2.45) is 0 Å². The minimum absolute atomic E-state index is 0.656. The lowest BCUT2D eigenvalue weighted by Crippen LogP contribution is -2.32. The van der Waals surface area contributed by atoms with Gasteiger partial charge < -0.3 is 20.1 Å². The van der Waals surface area contributed by atoms with E-state index < -0.39 is 0 Å². The number of hydrogen-bond donors (Lipinski definition) is 1. The van der Waals surface area contributed by atoms with Crippen molar-refractivity contribution in [2.45, 2.75) is 12.8 Å². The zero-order chi connectivity index (χ0) is 12.8. The molecule has 18 heavy (non-hydrogen) atoms. The molecule has 4 nitrogen and oxygen atoms in total. The summed E-state index contributed by atoms with van der Waals surface area (Å²) in [7, 11) is 1.69. The maximum absolute atomic E-state index is 5.86. The third-order valence-corrected chi connectivity index (χ3v) is 3.26. The van der Waals surface area contributed by atoms with E-state index in [1.54, 1.807) is 7.11 Å². The fourth-order valence-corrected chi connectivity index (χ4v) is 2.32. The van der Waals surface area contributed by atoms with Crippen LogP contribution in [0.25, 0.3) is 0 Å². The molecule has 0 saturated heterocycles. The number of methoxy groups -OCH3 is 1. The van der Waals surface area contributed by atoms with Gasteiger partial charge in [-0.05, 0) is 30.5 Å². The van der Waals surface area contributed by atoms with Crippen LogP contribution in [0.3, 0.4) is 0 Å². The van der Waals surface area contributed by atoms with Crippen molar-refractivity contribution in [1.82, 2.24) is 0 Å². The highest BCUT2D eigenvalue weighted by Crippen LogP contribution is 2.28. The molecule has 0 aromatic heterocycles. The van der Waals surface area contributed by atoms with Crippen LogP contribution in [0, 0.1) is 0 Å². The molecule has 0 fully saturated rings. The summed E-state index contributed by atoms with van der Waals surface area (Å²) in [5, 5.41) is 0. The number of benzene rings is 1. The zero-order valence-electron chi connectivity index (χ0n) is 11.0. The molecule has 0 unspecified atom stereocenters. The number of rotatable bonds is 6. The average molecular weight is 250 g/mol. The van der Waals surface area contributed by atoms with E-state index >= 15 is 0 Å². The Morgan fingerprint density at radius 1 is 1.28 bits per heavy atom. The molecule has 1 aromatic rings. The first-order valence-electron chi connectivity index (χ1n) is 6.51. The molecule has 1 aliphatic rings. The first kappa shape index (κ1) is 13.2. The maximum Gasteiger partial charge on any atom is 0.0701 e. The number of ether oxygens (including phenoxy) is 2. The molecule has 0 spiro atoms. The Bertz CT molecular complexity index is 382. The van der Waals surface area contributed by atoms with Crippen LogP contribution in [0.2, 0.25) is 0 Å². The van der Waals surface area contributed by atoms with Crippen molar-refractivity contribution in [1.29, 1.82) is 0 Å². The summed E-state index contributed by atoms with van der Waals surface area (Å²) >= 11 is 0. The van der Waals surface area contributed by atoms with Gasteiger partial charge in [-0.15, -0.1) is 0 Å². The molecule has 1 aliphatic heterocycles. The van der Waals surface area contributed by atoms with Crippen LogP contribution in [0.5, 0.6) is 0 Å². The normalized spacial score (nSPS) is 14.6. The van der Waals surface area contributed by atoms with Gasteiger partial charge >= 0.3 is 0 Å². The second-order valence-corrected chi connectivity index (χ2v) is 4.58. The van der Waals surface area contributed by atoms with Gasteiger partial charge in [0, 0.05) is 31.6 Å². The first-order valence-corrected chi connectivity index (χ1v) is 6.51. The standard InChI is InChI=1S/C14H22N2O2/c1-17-9-10-18-8-7-16-6-2-3-12-4-5-13(15)11-14(12)16/h4-5,11H,2-3,6-10,15H2,1H3. The summed E-state index contributed by atoms with van der Waals surface area (Å²) in [5.74, 6) is 0. The van der Waals surface area contributed by atoms with Crippen LogP contribution in [0.1, 0.15) is 12.0 Å². The molecule has 0 atom stereocenters. The fraction of sp³-hybridized carbons (Fsp3) is 0.571. The van der Waals surface area contributed by atoms with Gasteiger partial charge in [0.15, 0.2) is 0 Å². The van der Waals surface area contributed by atoms with E-state index in [-0.39, 0.29) is 0 Å². The zero-order valence-corrected chi connectivity index (χ0v) is 11.0. The molecule has 4 heteroatoms. The number of nitrogen functional groups attached to an aromatic ring is 1. The summed E-state index contributed by atoms with van der Waals surface area (Å²) in [6, 6.07) is 6.20. The topological polar surface area (TPSA) is 47.7 Å². The molecule has 0 radical (unpaired) electrons. The van der Waals surface area contributed by atoms with Gasteiger partial charge in [-0.3, -0.25) is 0 Å². The molecule has 0 saturated carbocycles. The highest BCUT2D eigenvalue weighted by atomic mass is 16.5. The Hall–Kier alpha value is -1.26. The van der Waals surface area contributed by atoms with Crippen molar-refractivity contribution in [3.8, 4) is 0 Å². The van der Waals surface area contributed by atoms with Gasteiger partial charge in [-0.25, -0.2) is 0 Å². The van der Waals surface area contributed by atoms with Crippen LogP contribution in [0.15, 0.2) is 18.2 Å². The van der Waals surface area contributed by atoms with Gasteiger partial charge in [0.05, 0.1) is 19.8 Å². The Morgan fingerprint density at radius 3 is 3.00 bits per heavy atom. The number of hydrogen-bond acceptors (Lipinski definition) is 4. The summed E-state index contributed by atoms with van der Waals surface area (Å²) < 4.78 is 10.5. The lowest BCUT2D eigenvalue weighted by atomic mass is 10.0. The monoisotopic (exact) mass is 250 g/mol. The summed E-state index contributed by atoms with van der Waals surface area (Å²) in [5.41, 5.74) is 9.37. The molecule has 2 N–H and O–H groups in total. The number of fused-ring (bicyclic) bond motifs is 1.